The number of rotatable bonds is 1. The van der Waals surface area contributed by atoms with Gasteiger partial charge >= 0.3 is 0 Å². The Balaban J connectivity index is 1.90. The van der Waals surface area contributed by atoms with Crippen LogP contribution in [0, 0.1) is 11.5 Å². The molecule has 94 valence electrons. The molecule has 0 aliphatic carbocycles. The molecule has 1 saturated heterocycles. The summed E-state index contributed by atoms with van der Waals surface area (Å²) < 4.78 is 11.6. The first-order valence-corrected chi connectivity index (χ1v) is 10.0. The molecule has 0 N–H and O–H groups in total. The average Bonchev–Trinajstić information content (AvgIpc) is 2.27. The van der Waals surface area contributed by atoms with Crippen LogP contribution in [0.4, 0.5) is 0 Å². The molecule has 0 aromatic heterocycles. The Labute approximate surface area is 105 Å². The highest BCUT2D eigenvalue weighted by molar-refractivity contribution is 6.83. The van der Waals surface area contributed by atoms with Crippen LogP contribution in [0.2, 0.25) is 19.6 Å². The molecular formula is C14H22O2Si. The molecule has 0 aromatic carbocycles. The van der Waals surface area contributed by atoms with Crippen LogP contribution in [0.1, 0.15) is 25.7 Å². The maximum atomic E-state index is 5.95. The van der Waals surface area contributed by atoms with Crippen molar-refractivity contribution in [2.24, 2.45) is 0 Å². The standard InChI is InChI=1S/C14H22O2Si/c1-17(2,3)11-5-6-12-8-9-13-14(16-12)7-4-10-15-13/h8,13-14H,4,6-7,9-10H2,1-3H3/t13-,14+/m1/s1. The summed E-state index contributed by atoms with van der Waals surface area (Å²) in [5, 5.41) is 0. The van der Waals surface area contributed by atoms with Gasteiger partial charge in [0.05, 0.1) is 12.5 Å². The molecule has 0 bridgehead atoms. The summed E-state index contributed by atoms with van der Waals surface area (Å²) in [7, 11) is -1.24. The van der Waals surface area contributed by atoms with E-state index in [1.165, 1.54) is 0 Å². The SMILES string of the molecule is C[Si](C)(C)C#CCC1=CC[C@H]2OCCC[C@@H]2O1. The third kappa shape index (κ3) is 3.90. The van der Waals surface area contributed by atoms with Crippen molar-refractivity contribution in [2.45, 2.75) is 57.5 Å². The van der Waals surface area contributed by atoms with Gasteiger partial charge < -0.3 is 9.47 Å². The highest BCUT2D eigenvalue weighted by Gasteiger charge is 2.30. The van der Waals surface area contributed by atoms with Gasteiger partial charge in [0.2, 0.25) is 0 Å². The first-order chi connectivity index (χ1) is 8.04. The Morgan fingerprint density at radius 3 is 2.94 bits per heavy atom. The van der Waals surface area contributed by atoms with Crippen molar-refractivity contribution in [2.75, 3.05) is 6.61 Å². The zero-order valence-electron chi connectivity index (χ0n) is 11.1. The van der Waals surface area contributed by atoms with Crippen molar-refractivity contribution in [1.29, 1.82) is 0 Å². The fourth-order valence-corrected chi connectivity index (χ4v) is 2.79. The van der Waals surface area contributed by atoms with Crippen LogP contribution in [0.25, 0.3) is 0 Å². The summed E-state index contributed by atoms with van der Waals surface area (Å²) in [6.07, 6.45) is 6.74. The topological polar surface area (TPSA) is 18.5 Å². The first-order valence-electron chi connectivity index (χ1n) is 6.52. The molecule has 17 heavy (non-hydrogen) atoms. The second-order valence-electron chi connectivity index (χ2n) is 5.84. The predicted molar refractivity (Wildman–Crippen MR) is 72.3 cm³/mol. The van der Waals surface area contributed by atoms with Crippen LogP contribution in [0.15, 0.2) is 11.8 Å². The molecule has 3 heteroatoms. The van der Waals surface area contributed by atoms with Crippen molar-refractivity contribution >= 4 is 8.07 Å². The minimum atomic E-state index is -1.24. The van der Waals surface area contributed by atoms with Crippen molar-refractivity contribution in [3.05, 3.63) is 11.8 Å². The minimum absolute atomic E-state index is 0.275. The minimum Gasteiger partial charge on any atom is -0.491 e. The molecule has 0 saturated carbocycles. The van der Waals surface area contributed by atoms with Gasteiger partial charge in [0.15, 0.2) is 0 Å². The molecule has 2 atom stereocenters. The summed E-state index contributed by atoms with van der Waals surface area (Å²) >= 11 is 0. The Hall–Kier alpha value is -0.723. The Morgan fingerprint density at radius 1 is 1.35 bits per heavy atom. The number of hydrogen-bond donors (Lipinski definition) is 0. The van der Waals surface area contributed by atoms with E-state index >= 15 is 0 Å². The first kappa shape index (κ1) is 12.7. The van der Waals surface area contributed by atoms with Gasteiger partial charge in [0.1, 0.15) is 19.9 Å². The fraction of sp³-hybridized carbons (Fsp3) is 0.714. The van der Waals surface area contributed by atoms with Gasteiger partial charge in [-0.05, 0) is 25.3 Å². The van der Waals surface area contributed by atoms with E-state index in [0.717, 1.165) is 38.0 Å². The van der Waals surface area contributed by atoms with Crippen LogP contribution in [-0.2, 0) is 9.47 Å². The lowest BCUT2D eigenvalue weighted by atomic mass is 9.99. The molecule has 0 radical (unpaired) electrons. The zero-order chi connectivity index (χ0) is 12.3. The Morgan fingerprint density at radius 2 is 2.18 bits per heavy atom. The highest BCUT2D eigenvalue weighted by Crippen LogP contribution is 2.28. The van der Waals surface area contributed by atoms with Gasteiger partial charge in [-0.25, -0.2) is 0 Å². The smallest absolute Gasteiger partial charge is 0.129 e. The van der Waals surface area contributed by atoms with E-state index in [1.807, 2.05) is 0 Å². The van der Waals surface area contributed by atoms with E-state index in [9.17, 15) is 0 Å². The van der Waals surface area contributed by atoms with Gasteiger partial charge in [-0.1, -0.05) is 19.6 Å². The Bertz CT molecular complexity index is 357. The van der Waals surface area contributed by atoms with Gasteiger partial charge in [-0.15, -0.1) is 11.5 Å². The molecule has 2 nitrogen and oxygen atoms in total. The van der Waals surface area contributed by atoms with Crippen LogP contribution in [0.3, 0.4) is 0 Å². The second kappa shape index (κ2) is 5.28. The van der Waals surface area contributed by atoms with Gasteiger partial charge in [0.25, 0.3) is 0 Å². The molecule has 2 aliphatic rings. The lowest BCUT2D eigenvalue weighted by Gasteiger charge is -2.35. The van der Waals surface area contributed by atoms with Gasteiger partial charge in [0, 0.05) is 6.61 Å². The lowest BCUT2D eigenvalue weighted by molar-refractivity contribution is -0.0940. The van der Waals surface area contributed by atoms with Crippen LogP contribution >= 0.6 is 0 Å². The highest BCUT2D eigenvalue weighted by atomic mass is 28.3. The maximum absolute atomic E-state index is 5.95. The average molecular weight is 250 g/mol. The van der Waals surface area contributed by atoms with E-state index in [-0.39, 0.29) is 12.2 Å². The molecule has 2 aliphatic heterocycles. The number of ether oxygens (including phenoxy) is 2. The largest absolute Gasteiger partial charge is 0.491 e. The molecule has 2 heterocycles. The zero-order valence-corrected chi connectivity index (χ0v) is 12.1. The quantitative estimate of drug-likeness (QED) is 0.526. The van der Waals surface area contributed by atoms with E-state index in [2.05, 4.69) is 37.2 Å². The molecule has 1 fully saturated rings. The normalized spacial score (nSPS) is 28.3. The van der Waals surface area contributed by atoms with Crippen molar-refractivity contribution in [3.63, 3.8) is 0 Å². The summed E-state index contributed by atoms with van der Waals surface area (Å²) in [6, 6.07) is 0. The van der Waals surface area contributed by atoms with Crippen LogP contribution < -0.4 is 0 Å². The predicted octanol–water partition coefficient (Wildman–Crippen LogP) is 3.11. The molecular weight excluding hydrogens is 228 g/mol. The monoisotopic (exact) mass is 250 g/mol. The van der Waals surface area contributed by atoms with Gasteiger partial charge in [-0.2, -0.15) is 0 Å². The lowest BCUT2D eigenvalue weighted by Crippen LogP contribution is -2.38. The van der Waals surface area contributed by atoms with E-state index in [1.54, 1.807) is 0 Å². The van der Waals surface area contributed by atoms with Crippen molar-refractivity contribution in [3.8, 4) is 11.5 Å². The number of allylic oxidation sites excluding steroid dienone is 1. The molecule has 0 amide bonds. The summed E-state index contributed by atoms with van der Waals surface area (Å²) in [5.41, 5.74) is 3.38. The Kier molecular flexibility index (Phi) is 3.96. The van der Waals surface area contributed by atoms with E-state index in [4.69, 9.17) is 9.47 Å². The third-order valence-corrected chi connectivity index (χ3v) is 3.91. The van der Waals surface area contributed by atoms with E-state index < -0.39 is 8.07 Å². The summed E-state index contributed by atoms with van der Waals surface area (Å²) in [5.74, 6) is 4.33. The van der Waals surface area contributed by atoms with Crippen LogP contribution in [-0.4, -0.2) is 26.9 Å². The summed E-state index contributed by atoms with van der Waals surface area (Å²) in [6.45, 7) is 7.69. The van der Waals surface area contributed by atoms with E-state index in [0.29, 0.717) is 0 Å². The molecule has 0 aromatic rings. The second-order valence-corrected chi connectivity index (χ2v) is 10.6. The van der Waals surface area contributed by atoms with Crippen LogP contribution in [0.5, 0.6) is 0 Å². The molecule has 0 spiro atoms. The molecule has 0 unspecified atom stereocenters. The number of fused-ring (bicyclic) bond motifs is 1. The fourth-order valence-electron chi connectivity index (χ4n) is 2.17. The summed E-state index contributed by atoms with van der Waals surface area (Å²) in [4.78, 5) is 0. The van der Waals surface area contributed by atoms with Crippen molar-refractivity contribution < 1.29 is 9.47 Å². The van der Waals surface area contributed by atoms with Crippen molar-refractivity contribution in [1.82, 2.24) is 0 Å². The molecule has 2 rings (SSSR count). The number of hydrogen-bond acceptors (Lipinski definition) is 2. The maximum Gasteiger partial charge on any atom is 0.129 e. The van der Waals surface area contributed by atoms with Gasteiger partial charge in [-0.3, -0.25) is 0 Å². The third-order valence-electron chi connectivity index (χ3n) is 2.99.